The lowest BCUT2D eigenvalue weighted by molar-refractivity contribution is 0.0735. The van der Waals surface area contributed by atoms with Crippen molar-refractivity contribution < 1.29 is 19.2 Å². The first-order valence-corrected chi connectivity index (χ1v) is 10.4. The molecule has 4 aromatic rings. The van der Waals surface area contributed by atoms with Crippen LogP contribution in [-0.4, -0.2) is 43.1 Å². The molecule has 1 N–H and O–H groups in total. The fourth-order valence-electron chi connectivity index (χ4n) is 2.95. The molecule has 2 aromatic heterocycles. The number of nitrogens with zero attached hydrogens (tertiary/aromatic N) is 5. The summed E-state index contributed by atoms with van der Waals surface area (Å²) in [4.78, 5) is 26.7. The van der Waals surface area contributed by atoms with Gasteiger partial charge in [-0.2, -0.15) is 4.98 Å². The van der Waals surface area contributed by atoms with Gasteiger partial charge in [-0.3, -0.25) is 9.78 Å². The highest BCUT2D eigenvalue weighted by Gasteiger charge is 2.21. The Morgan fingerprint density at radius 2 is 1.91 bits per heavy atom. The molecule has 0 aliphatic heterocycles. The highest BCUT2D eigenvalue weighted by atomic mass is 35.5. The van der Waals surface area contributed by atoms with E-state index in [-0.39, 0.29) is 34.1 Å². The van der Waals surface area contributed by atoms with Crippen LogP contribution in [0.1, 0.15) is 21.9 Å². The monoisotopic (exact) mass is 485 g/mol. The smallest absolute Gasteiger partial charge is 0.316 e. The Morgan fingerprint density at radius 1 is 1.15 bits per heavy atom. The number of rotatable bonds is 6. The number of aryl methyl sites for hydroxylation is 1. The van der Waals surface area contributed by atoms with Gasteiger partial charge in [-0.15, -0.1) is 0 Å². The largest absolute Gasteiger partial charge is 0.505 e. The zero-order valence-electron chi connectivity index (χ0n) is 17.5. The third kappa shape index (κ3) is 5.21. The van der Waals surface area contributed by atoms with Crippen molar-refractivity contribution in [1.82, 2.24) is 25.0 Å². The van der Waals surface area contributed by atoms with Crippen molar-refractivity contribution in [2.45, 2.75) is 13.5 Å². The lowest BCUT2D eigenvalue weighted by Crippen LogP contribution is -2.26. The van der Waals surface area contributed by atoms with Crippen LogP contribution in [0.15, 0.2) is 53.3 Å². The fraction of sp³-hybridized carbons (Fsp3) is 0.136. The zero-order chi connectivity index (χ0) is 23.5. The van der Waals surface area contributed by atoms with Crippen molar-refractivity contribution in [3.63, 3.8) is 0 Å². The Bertz CT molecular complexity index is 1300. The second kappa shape index (κ2) is 9.43. The Kier molecular flexibility index (Phi) is 6.43. The summed E-state index contributed by atoms with van der Waals surface area (Å²) in [5.74, 6) is 0.141. The molecule has 0 atom stereocenters. The van der Waals surface area contributed by atoms with Crippen molar-refractivity contribution in [3.8, 4) is 28.8 Å². The summed E-state index contributed by atoms with van der Waals surface area (Å²) < 4.78 is 10.9. The number of hydrogen-bond donors (Lipinski definition) is 1. The average Bonchev–Trinajstić information content (AvgIpc) is 3.27. The van der Waals surface area contributed by atoms with E-state index in [1.165, 1.54) is 23.2 Å². The van der Waals surface area contributed by atoms with Crippen molar-refractivity contribution in [2.75, 3.05) is 7.05 Å². The first-order valence-electron chi connectivity index (χ1n) is 9.63. The number of carbonyl (C=O) groups is 1. The number of ether oxygens (including phenoxy) is 1. The van der Waals surface area contributed by atoms with Gasteiger partial charge in [-0.25, -0.2) is 4.98 Å². The standard InChI is InChI=1S/C22H17Cl2N5O4/c1-12-9-25-10-18(26-12)32-15-5-3-4-13(6-15)11-29(2)22(31)21-27-20(28-33-21)14-7-16(23)19(30)17(24)8-14/h3-10,30H,11H2,1-2H3. The predicted molar refractivity (Wildman–Crippen MR) is 121 cm³/mol. The first-order chi connectivity index (χ1) is 15.8. The van der Waals surface area contributed by atoms with Gasteiger partial charge < -0.3 is 19.3 Å². The van der Waals surface area contributed by atoms with E-state index in [4.69, 9.17) is 32.5 Å². The minimum absolute atomic E-state index is 0.0334. The molecule has 0 saturated carbocycles. The van der Waals surface area contributed by atoms with Crippen molar-refractivity contribution >= 4 is 29.1 Å². The molecule has 2 heterocycles. The minimum Gasteiger partial charge on any atom is -0.505 e. The van der Waals surface area contributed by atoms with E-state index in [2.05, 4.69) is 20.1 Å². The van der Waals surface area contributed by atoms with E-state index in [9.17, 15) is 9.90 Å². The van der Waals surface area contributed by atoms with Gasteiger partial charge in [0, 0.05) is 25.4 Å². The molecule has 0 aliphatic rings. The van der Waals surface area contributed by atoms with Crippen molar-refractivity contribution in [1.29, 1.82) is 0 Å². The number of phenols is 1. The van der Waals surface area contributed by atoms with Gasteiger partial charge in [0.2, 0.25) is 11.7 Å². The van der Waals surface area contributed by atoms with Crippen LogP contribution < -0.4 is 4.74 Å². The maximum Gasteiger partial charge on any atom is 0.316 e. The molecule has 1 amide bonds. The summed E-state index contributed by atoms with van der Waals surface area (Å²) in [6.07, 6.45) is 3.16. The van der Waals surface area contributed by atoms with E-state index in [0.29, 0.717) is 17.2 Å². The number of amides is 1. The van der Waals surface area contributed by atoms with Crippen LogP contribution in [0, 0.1) is 6.92 Å². The van der Waals surface area contributed by atoms with Crippen LogP contribution >= 0.6 is 23.2 Å². The molecule has 2 aromatic carbocycles. The zero-order valence-corrected chi connectivity index (χ0v) is 19.0. The molecule has 0 spiro atoms. The van der Waals surface area contributed by atoms with Crippen LogP contribution in [0.4, 0.5) is 0 Å². The molecule has 0 bridgehead atoms. The van der Waals surface area contributed by atoms with Gasteiger partial charge >= 0.3 is 11.8 Å². The number of carbonyl (C=O) groups excluding carboxylic acids is 1. The minimum atomic E-state index is -0.472. The summed E-state index contributed by atoms with van der Waals surface area (Å²) in [6, 6.07) is 10.1. The van der Waals surface area contributed by atoms with Gasteiger partial charge in [0.25, 0.3) is 0 Å². The van der Waals surface area contributed by atoms with E-state index in [0.717, 1.165) is 11.3 Å². The third-order valence-electron chi connectivity index (χ3n) is 4.50. The summed E-state index contributed by atoms with van der Waals surface area (Å²) in [5.41, 5.74) is 1.96. The number of aromatic hydroxyl groups is 1. The predicted octanol–water partition coefficient (Wildman–Crippen LogP) is 4.91. The maximum absolute atomic E-state index is 12.8. The highest BCUT2D eigenvalue weighted by molar-refractivity contribution is 6.37. The molecule has 0 radical (unpaired) electrons. The average molecular weight is 486 g/mol. The van der Waals surface area contributed by atoms with E-state index < -0.39 is 5.91 Å². The summed E-state index contributed by atoms with van der Waals surface area (Å²) in [7, 11) is 1.61. The Balaban J connectivity index is 1.46. The summed E-state index contributed by atoms with van der Waals surface area (Å²) in [6.45, 7) is 2.09. The number of benzene rings is 2. The topological polar surface area (TPSA) is 114 Å². The normalized spacial score (nSPS) is 10.8. The molecule has 168 valence electrons. The lowest BCUT2D eigenvalue weighted by Gasteiger charge is -2.15. The van der Waals surface area contributed by atoms with Gasteiger partial charge in [0.1, 0.15) is 5.75 Å². The molecule has 4 rings (SSSR count). The number of aromatic nitrogens is 4. The van der Waals surface area contributed by atoms with E-state index >= 15 is 0 Å². The molecule has 0 fully saturated rings. The van der Waals surface area contributed by atoms with Gasteiger partial charge in [0.05, 0.1) is 21.9 Å². The van der Waals surface area contributed by atoms with Crippen LogP contribution in [0.25, 0.3) is 11.4 Å². The van der Waals surface area contributed by atoms with Crippen LogP contribution in [0.3, 0.4) is 0 Å². The second-order valence-corrected chi connectivity index (χ2v) is 7.94. The Morgan fingerprint density at radius 3 is 2.64 bits per heavy atom. The van der Waals surface area contributed by atoms with Gasteiger partial charge in [0.15, 0.2) is 5.75 Å². The van der Waals surface area contributed by atoms with Crippen LogP contribution in [-0.2, 0) is 6.54 Å². The number of hydrogen-bond acceptors (Lipinski definition) is 8. The highest BCUT2D eigenvalue weighted by Crippen LogP contribution is 2.35. The molecule has 0 saturated heterocycles. The summed E-state index contributed by atoms with van der Waals surface area (Å²) in [5, 5.41) is 13.6. The maximum atomic E-state index is 12.8. The van der Waals surface area contributed by atoms with Crippen molar-refractivity contribution in [3.05, 3.63) is 76.0 Å². The van der Waals surface area contributed by atoms with E-state index in [1.807, 2.05) is 19.1 Å². The van der Waals surface area contributed by atoms with Gasteiger partial charge in [-0.05, 0) is 36.8 Å². The summed E-state index contributed by atoms with van der Waals surface area (Å²) >= 11 is 11.9. The molecular weight excluding hydrogens is 469 g/mol. The molecule has 0 aliphatic carbocycles. The molecular formula is C22H17Cl2N5O4. The fourth-order valence-corrected chi connectivity index (χ4v) is 3.44. The van der Waals surface area contributed by atoms with Crippen molar-refractivity contribution in [2.24, 2.45) is 0 Å². The number of halogens is 2. The molecule has 11 heteroatoms. The molecule has 9 nitrogen and oxygen atoms in total. The number of phenolic OH excluding ortho intramolecular Hbond substituents is 1. The Hall–Kier alpha value is -3.69. The molecule has 33 heavy (non-hydrogen) atoms. The quantitative estimate of drug-likeness (QED) is 0.409. The second-order valence-electron chi connectivity index (χ2n) is 7.12. The van der Waals surface area contributed by atoms with Gasteiger partial charge in [-0.1, -0.05) is 40.5 Å². The SMILES string of the molecule is Cc1cncc(Oc2cccc(CN(C)C(=O)c3nc(-c4cc(Cl)c(O)c(Cl)c4)no3)c2)n1. The third-order valence-corrected chi connectivity index (χ3v) is 5.08. The van der Waals surface area contributed by atoms with Crippen LogP contribution in [0.5, 0.6) is 17.4 Å². The lowest BCUT2D eigenvalue weighted by atomic mass is 10.2. The van der Waals surface area contributed by atoms with E-state index in [1.54, 1.807) is 25.4 Å². The Labute approximate surface area is 198 Å². The first kappa shape index (κ1) is 22.5. The molecule has 0 unspecified atom stereocenters. The van der Waals surface area contributed by atoms with Crippen LogP contribution in [0.2, 0.25) is 10.0 Å².